The van der Waals surface area contributed by atoms with Crippen molar-refractivity contribution in [2.45, 2.75) is 25.9 Å². The van der Waals surface area contributed by atoms with Gasteiger partial charge in [-0.1, -0.05) is 31.2 Å². The average molecular weight is 277 g/mol. The van der Waals surface area contributed by atoms with Crippen LogP contribution >= 0.6 is 0 Å². The fourth-order valence-corrected chi connectivity index (χ4v) is 1.43. The highest BCUT2D eigenvalue weighted by molar-refractivity contribution is 5.92. The summed E-state index contributed by atoms with van der Waals surface area (Å²) in [5.41, 5.74) is 0.123. The molecular weight excluding hydrogens is 258 g/mol. The van der Waals surface area contributed by atoms with Gasteiger partial charge in [-0.3, -0.25) is 4.79 Å². The average Bonchev–Trinajstić information content (AvgIpc) is 2.43. The van der Waals surface area contributed by atoms with Gasteiger partial charge in [0.1, 0.15) is 0 Å². The number of carboxylic acids is 1. The van der Waals surface area contributed by atoms with E-state index in [1.165, 1.54) is 11.6 Å². The second-order valence-corrected chi connectivity index (χ2v) is 4.73. The van der Waals surface area contributed by atoms with Gasteiger partial charge in [-0.15, -0.1) is 0 Å². The van der Waals surface area contributed by atoms with E-state index in [0.29, 0.717) is 0 Å². The number of aryl methyl sites for hydroxylation is 1. The third-order valence-electron chi connectivity index (χ3n) is 2.88. The van der Waals surface area contributed by atoms with Crippen molar-refractivity contribution >= 4 is 18.0 Å². The van der Waals surface area contributed by atoms with Gasteiger partial charge in [-0.25, -0.2) is 4.79 Å². The molecule has 108 valence electrons. The lowest BCUT2D eigenvalue weighted by atomic mass is 10.1. The van der Waals surface area contributed by atoms with Crippen LogP contribution in [0, 0.1) is 0 Å². The second kappa shape index (κ2) is 6.86. The molecule has 20 heavy (non-hydrogen) atoms. The van der Waals surface area contributed by atoms with Gasteiger partial charge in [0.05, 0.1) is 6.54 Å². The van der Waals surface area contributed by atoms with Gasteiger partial charge in [0.2, 0.25) is 5.91 Å². The van der Waals surface area contributed by atoms with Crippen molar-refractivity contribution in [3.63, 3.8) is 0 Å². The number of rotatable bonds is 6. The molecule has 0 heterocycles. The topological polar surface area (TPSA) is 86.6 Å². The molecule has 1 atom stereocenters. The Bertz CT molecular complexity index is 503. The molecule has 0 fully saturated rings. The van der Waals surface area contributed by atoms with Crippen LogP contribution in [0.4, 0.5) is 0 Å². The molecule has 0 spiro atoms. The first-order valence-corrected chi connectivity index (χ1v) is 6.36. The minimum atomic E-state index is -1.97. The zero-order valence-electron chi connectivity index (χ0n) is 11.6. The molecule has 0 aliphatic rings. The standard InChI is InChI=1S/C15H19NO4/c1-3-11-4-6-12(7-5-11)8-9-13(17)16-10-15(2,20)14(18)19/h4-9,20H,3,10H2,1-2H3,(H,16,17)(H,18,19). The summed E-state index contributed by atoms with van der Waals surface area (Å²) in [6.07, 6.45) is 3.89. The number of carbonyl (C=O) groups excluding carboxylic acids is 1. The number of carboxylic acid groups (broad SMARTS) is 1. The molecule has 0 saturated carbocycles. The summed E-state index contributed by atoms with van der Waals surface area (Å²) in [6, 6.07) is 7.76. The third-order valence-corrected chi connectivity index (χ3v) is 2.88. The SMILES string of the molecule is CCc1ccc(C=CC(=O)NCC(C)(O)C(=O)O)cc1. The summed E-state index contributed by atoms with van der Waals surface area (Å²) in [7, 11) is 0. The Morgan fingerprint density at radius 1 is 1.30 bits per heavy atom. The van der Waals surface area contributed by atoms with Crippen molar-refractivity contribution in [3.8, 4) is 0 Å². The number of amides is 1. The molecule has 5 heteroatoms. The number of hydrogen-bond acceptors (Lipinski definition) is 3. The maximum absolute atomic E-state index is 11.5. The summed E-state index contributed by atoms with van der Waals surface area (Å²) >= 11 is 0. The van der Waals surface area contributed by atoms with E-state index in [2.05, 4.69) is 12.2 Å². The first-order valence-electron chi connectivity index (χ1n) is 6.36. The lowest BCUT2D eigenvalue weighted by Crippen LogP contribution is -2.46. The Morgan fingerprint density at radius 2 is 1.90 bits per heavy atom. The largest absolute Gasteiger partial charge is 0.479 e. The lowest BCUT2D eigenvalue weighted by molar-refractivity contribution is -0.156. The van der Waals surface area contributed by atoms with Gasteiger partial charge in [-0.2, -0.15) is 0 Å². The van der Waals surface area contributed by atoms with Crippen LogP contribution in [0.25, 0.3) is 6.08 Å². The fourth-order valence-electron chi connectivity index (χ4n) is 1.43. The van der Waals surface area contributed by atoms with E-state index >= 15 is 0 Å². The van der Waals surface area contributed by atoms with Gasteiger partial charge in [-0.05, 0) is 30.5 Å². The van der Waals surface area contributed by atoms with Crippen molar-refractivity contribution in [2.24, 2.45) is 0 Å². The van der Waals surface area contributed by atoms with Crippen LogP contribution in [0.15, 0.2) is 30.3 Å². The molecule has 1 aromatic rings. The van der Waals surface area contributed by atoms with Crippen molar-refractivity contribution < 1.29 is 19.8 Å². The van der Waals surface area contributed by atoms with Crippen LogP contribution in [-0.4, -0.2) is 34.2 Å². The molecule has 1 amide bonds. The van der Waals surface area contributed by atoms with Crippen molar-refractivity contribution in [2.75, 3.05) is 6.54 Å². The Balaban J connectivity index is 2.53. The number of hydrogen-bond donors (Lipinski definition) is 3. The van der Waals surface area contributed by atoms with Crippen LogP contribution in [-0.2, 0) is 16.0 Å². The highest BCUT2D eigenvalue weighted by Crippen LogP contribution is 2.06. The number of aliphatic hydroxyl groups is 1. The second-order valence-electron chi connectivity index (χ2n) is 4.73. The van der Waals surface area contributed by atoms with Gasteiger partial charge >= 0.3 is 5.97 Å². The molecule has 5 nitrogen and oxygen atoms in total. The van der Waals surface area contributed by atoms with E-state index in [-0.39, 0.29) is 6.54 Å². The quantitative estimate of drug-likeness (QED) is 0.682. The van der Waals surface area contributed by atoms with E-state index < -0.39 is 17.5 Å². The molecular formula is C15H19NO4. The predicted octanol–water partition coefficient (Wildman–Crippen LogP) is 1.21. The summed E-state index contributed by atoms with van der Waals surface area (Å²) < 4.78 is 0. The Labute approximate surface area is 117 Å². The third kappa shape index (κ3) is 4.85. The summed E-state index contributed by atoms with van der Waals surface area (Å²) in [4.78, 5) is 22.2. The first kappa shape index (κ1) is 15.9. The summed E-state index contributed by atoms with van der Waals surface area (Å²) in [5.74, 6) is -1.83. The number of carbonyl (C=O) groups is 2. The fraction of sp³-hybridized carbons (Fsp3) is 0.333. The molecule has 0 aromatic heterocycles. The van der Waals surface area contributed by atoms with Crippen LogP contribution < -0.4 is 5.32 Å². The van der Waals surface area contributed by atoms with Gasteiger partial charge in [0.15, 0.2) is 5.60 Å². The van der Waals surface area contributed by atoms with Crippen LogP contribution in [0.3, 0.4) is 0 Å². The van der Waals surface area contributed by atoms with Gasteiger partial charge in [0.25, 0.3) is 0 Å². The Kier molecular flexibility index (Phi) is 5.46. The lowest BCUT2D eigenvalue weighted by Gasteiger charge is -2.17. The van der Waals surface area contributed by atoms with Crippen LogP contribution in [0.5, 0.6) is 0 Å². The Hall–Kier alpha value is -2.14. The summed E-state index contributed by atoms with van der Waals surface area (Å²) in [5, 5.41) is 20.5. The van der Waals surface area contributed by atoms with Crippen molar-refractivity contribution in [1.29, 1.82) is 0 Å². The maximum atomic E-state index is 11.5. The molecule has 0 saturated heterocycles. The molecule has 1 rings (SSSR count). The molecule has 0 radical (unpaired) electrons. The summed E-state index contributed by atoms with van der Waals surface area (Å²) in [6.45, 7) is 2.84. The highest BCUT2D eigenvalue weighted by atomic mass is 16.4. The van der Waals surface area contributed by atoms with Crippen LogP contribution in [0.2, 0.25) is 0 Å². The molecule has 3 N–H and O–H groups in total. The van der Waals surface area contributed by atoms with Crippen molar-refractivity contribution in [1.82, 2.24) is 5.32 Å². The number of aliphatic carboxylic acids is 1. The minimum Gasteiger partial charge on any atom is -0.479 e. The first-order chi connectivity index (χ1) is 9.35. The molecule has 0 aliphatic carbocycles. The minimum absolute atomic E-state index is 0.347. The predicted molar refractivity (Wildman–Crippen MR) is 76.1 cm³/mol. The zero-order chi connectivity index (χ0) is 15.2. The molecule has 0 aliphatic heterocycles. The normalized spacial score (nSPS) is 13.9. The van der Waals surface area contributed by atoms with Crippen LogP contribution in [0.1, 0.15) is 25.0 Å². The molecule has 1 aromatic carbocycles. The zero-order valence-corrected chi connectivity index (χ0v) is 11.6. The van der Waals surface area contributed by atoms with E-state index in [4.69, 9.17) is 5.11 Å². The van der Waals surface area contributed by atoms with E-state index in [1.54, 1.807) is 6.08 Å². The Morgan fingerprint density at radius 3 is 2.40 bits per heavy atom. The highest BCUT2D eigenvalue weighted by Gasteiger charge is 2.29. The van der Waals surface area contributed by atoms with Gasteiger partial charge in [0, 0.05) is 6.08 Å². The van der Waals surface area contributed by atoms with Gasteiger partial charge < -0.3 is 15.5 Å². The van der Waals surface area contributed by atoms with E-state index in [1.807, 2.05) is 24.3 Å². The maximum Gasteiger partial charge on any atom is 0.337 e. The number of nitrogens with one attached hydrogen (secondary N) is 1. The van der Waals surface area contributed by atoms with Crippen molar-refractivity contribution in [3.05, 3.63) is 41.5 Å². The molecule has 1 unspecified atom stereocenters. The monoisotopic (exact) mass is 277 g/mol. The van der Waals surface area contributed by atoms with E-state index in [0.717, 1.165) is 18.9 Å². The van der Waals surface area contributed by atoms with E-state index in [9.17, 15) is 14.7 Å². The number of benzene rings is 1. The smallest absolute Gasteiger partial charge is 0.337 e. The molecule has 0 bridgehead atoms.